The molecule has 1 saturated heterocycles. The highest BCUT2D eigenvalue weighted by Crippen LogP contribution is 2.24. The van der Waals surface area contributed by atoms with Crippen LogP contribution in [0.25, 0.3) is 0 Å². The van der Waals surface area contributed by atoms with Crippen LogP contribution in [0.2, 0.25) is 0 Å². The van der Waals surface area contributed by atoms with Gasteiger partial charge in [-0.2, -0.15) is 0 Å². The Morgan fingerprint density at radius 2 is 2.00 bits per heavy atom. The molecule has 1 aromatic rings. The number of piperidine rings is 1. The number of aromatic carboxylic acids is 1. The summed E-state index contributed by atoms with van der Waals surface area (Å²) in [6.07, 6.45) is 3.43. The normalized spacial score (nSPS) is 17.1. The SMILES string of the molecule is CC(=O)N1CCC(n2cccc2C(=O)O)CC1. The van der Waals surface area contributed by atoms with Crippen LogP contribution in [-0.2, 0) is 4.79 Å². The number of carboxylic acids is 1. The number of amides is 1. The maximum absolute atomic E-state index is 11.2. The van der Waals surface area contributed by atoms with Crippen molar-refractivity contribution >= 4 is 11.9 Å². The number of carbonyl (C=O) groups is 2. The van der Waals surface area contributed by atoms with E-state index in [-0.39, 0.29) is 11.9 Å². The molecule has 0 aliphatic carbocycles. The lowest BCUT2D eigenvalue weighted by Crippen LogP contribution is -2.38. The molecular formula is C12H16N2O3. The Labute approximate surface area is 99.6 Å². The van der Waals surface area contributed by atoms with Crippen LogP contribution < -0.4 is 0 Å². The predicted molar refractivity (Wildman–Crippen MR) is 61.9 cm³/mol. The Bertz CT molecular complexity index is 431. The molecule has 1 fully saturated rings. The van der Waals surface area contributed by atoms with Gasteiger partial charge in [0.25, 0.3) is 0 Å². The second-order valence-corrected chi connectivity index (χ2v) is 4.34. The molecule has 92 valence electrons. The zero-order chi connectivity index (χ0) is 12.4. The van der Waals surface area contributed by atoms with Crippen LogP contribution in [0, 0.1) is 0 Å². The Hall–Kier alpha value is -1.78. The third-order valence-corrected chi connectivity index (χ3v) is 3.30. The summed E-state index contributed by atoms with van der Waals surface area (Å²) in [5, 5.41) is 9.04. The first kappa shape index (κ1) is 11.7. The van der Waals surface area contributed by atoms with E-state index in [0.717, 1.165) is 12.8 Å². The van der Waals surface area contributed by atoms with E-state index in [9.17, 15) is 9.59 Å². The Morgan fingerprint density at radius 3 is 2.53 bits per heavy atom. The summed E-state index contributed by atoms with van der Waals surface area (Å²) < 4.78 is 1.81. The molecule has 2 rings (SSSR count). The summed E-state index contributed by atoms with van der Waals surface area (Å²) in [5.41, 5.74) is 0.325. The van der Waals surface area contributed by atoms with Crippen LogP contribution in [-0.4, -0.2) is 39.5 Å². The topological polar surface area (TPSA) is 62.5 Å². The van der Waals surface area contributed by atoms with Crippen molar-refractivity contribution in [3.63, 3.8) is 0 Å². The summed E-state index contributed by atoms with van der Waals surface area (Å²) >= 11 is 0. The minimum absolute atomic E-state index is 0.0921. The van der Waals surface area contributed by atoms with Crippen LogP contribution in [0.3, 0.4) is 0 Å². The fourth-order valence-corrected chi connectivity index (χ4v) is 2.35. The van der Waals surface area contributed by atoms with E-state index in [1.54, 1.807) is 34.7 Å². The van der Waals surface area contributed by atoms with E-state index in [4.69, 9.17) is 5.11 Å². The highest BCUT2D eigenvalue weighted by Gasteiger charge is 2.24. The average molecular weight is 236 g/mol. The fraction of sp³-hybridized carbons (Fsp3) is 0.500. The van der Waals surface area contributed by atoms with Gasteiger partial charge >= 0.3 is 5.97 Å². The molecule has 0 bridgehead atoms. The van der Waals surface area contributed by atoms with E-state index in [2.05, 4.69) is 0 Å². The van der Waals surface area contributed by atoms with Gasteiger partial charge < -0.3 is 14.6 Å². The van der Waals surface area contributed by atoms with Gasteiger partial charge in [-0.15, -0.1) is 0 Å². The van der Waals surface area contributed by atoms with Gasteiger partial charge in [-0.25, -0.2) is 4.79 Å². The molecule has 5 heteroatoms. The molecule has 17 heavy (non-hydrogen) atoms. The smallest absolute Gasteiger partial charge is 0.352 e. The first-order valence-corrected chi connectivity index (χ1v) is 5.75. The van der Waals surface area contributed by atoms with Gasteiger partial charge in [0.15, 0.2) is 0 Å². The third kappa shape index (κ3) is 2.33. The van der Waals surface area contributed by atoms with Crippen molar-refractivity contribution in [1.82, 2.24) is 9.47 Å². The number of hydrogen-bond donors (Lipinski definition) is 1. The van der Waals surface area contributed by atoms with Gasteiger partial charge in [0.2, 0.25) is 5.91 Å². The van der Waals surface area contributed by atoms with Crippen molar-refractivity contribution < 1.29 is 14.7 Å². The van der Waals surface area contributed by atoms with Crippen molar-refractivity contribution in [2.75, 3.05) is 13.1 Å². The van der Waals surface area contributed by atoms with Crippen LogP contribution in [0.4, 0.5) is 0 Å². The van der Waals surface area contributed by atoms with E-state index in [1.807, 2.05) is 0 Å². The highest BCUT2D eigenvalue weighted by molar-refractivity contribution is 5.85. The zero-order valence-electron chi connectivity index (χ0n) is 9.80. The van der Waals surface area contributed by atoms with Crippen molar-refractivity contribution in [3.05, 3.63) is 24.0 Å². The average Bonchev–Trinajstić information content (AvgIpc) is 2.78. The first-order valence-electron chi connectivity index (χ1n) is 5.75. The summed E-state index contributed by atoms with van der Waals surface area (Å²) in [7, 11) is 0. The van der Waals surface area contributed by atoms with Gasteiger partial charge in [-0.05, 0) is 25.0 Å². The van der Waals surface area contributed by atoms with Crippen molar-refractivity contribution in [2.45, 2.75) is 25.8 Å². The molecule has 2 heterocycles. The number of carbonyl (C=O) groups excluding carboxylic acids is 1. The van der Waals surface area contributed by atoms with E-state index in [1.165, 1.54) is 0 Å². The van der Waals surface area contributed by atoms with Crippen molar-refractivity contribution in [2.24, 2.45) is 0 Å². The van der Waals surface area contributed by atoms with Crippen molar-refractivity contribution in [3.8, 4) is 0 Å². The minimum atomic E-state index is -0.899. The Balaban J connectivity index is 2.08. The highest BCUT2D eigenvalue weighted by atomic mass is 16.4. The molecule has 0 aromatic carbocycles. The monoisotopic (exact) mass is 236 g/mol. The quantitative estimate of drug-likeness (QED) is 0.843. The van der Waals surface area contributed by atoms with E-state index in [0.29, 0.717) is 18.8 Å². The number of nitrogens with zero attached hydrogens (tertiary/aromatic N) is 2. The van der Waals surface area contributed by atoms with E-state index < -0.39 is 5.97 Å². The van der Waals surface area contributed by atoms with Crippen LogP contribution in [0.1, 0.15) is 36.3 Å². The molecule has 0 atom stereocenters. The van der Waals surface area contributed by atoms with Crippen LogP contribution >= 0.6 is 0 Å². The molecular weight excluding hydrogens is 220 g/mol. The van der Waals surface area contributed by atoms with Gasteiger partial charge in [-0.3, -0.25) is 4.79 Å². The number of hydrogen-bond acceptors (Lipinski definition) is 2. The Morgan fingerprint density at radius 1 is 1.35 bits per heavy atom. The largest absolute Gasteiger partial charge is 0.477 e. The molecule has 1 aliphatic rings. The lowest BCUT2D eigenvalue weighted by Gasteiger charge is -2.32. The molecule has 0 unspecified atom stereocenters. The van der Waals surface area contributed by atoms with Crippen LogP contribution in [0.15, 0.2) is 18.3 Å². The lowest BCUT2D eigenvalue weighted by atomic mass is 10.0. The number of rotatable bonds is 2. The van der Waals surface area contributed by atoms with Gasteiger partial charge in [-0.1, -0.05) is 0 Å². The summed E-state index contributed by atoms with van der Waals surface area (Å²) in [6.45, 7) is 2.98. The lowest BCUT2D eigenvalue weighted by molar-refractivity contribution is -0.130. The second-order valence-electron chi connectivity index (χ2n) is 4.34. The summed E-state index contributed by atoms with van der Waals surface area (Å²) in [5.74, 6) is -0.807. The second kappa shape index (κ2) is 4.61. The van der Waals surface area contributed by atoms with E-state index >= 15 is 0 Å². The fourth-order valence-electron chi connectivity index (χ4n) is 2.35. The molecule has 0 spiro atoms. The standard InChI is InChI=1S/C12H16N2O3/c1-9(15)13-7-4-10(5-8-13)14-6-2-3-11(14)12(16)17/h2-3,6,10H,4-5,7-8H2,1H3,(H,16,17). The van der Waals surface area contributed by atoms with Crippen molar-refractivity contribution in [1.29, 1.82) is 0 Å². The molecule has 1 N–H and O–H groups in total. The zero-order valence-corrected chi connectivity index (χ0v) is 9.80. The number of carboxylic acid groups (broad SMARTS) is 1. The minimum Gasteiger partial charge on any atom is -0.477 e. The van der Waals surface area contributed by atoms with Crippen LogP contribution in [0.5, 0.6) is 0 Å². The maximum atomic E-state index is 11.2. The van der Waals surface area contributed by atoms with Gasteiger partial charge in [0.1, 0.15) is 5.69 Å². The maximum Gasteiger partial charge on any atom is 0.352 e. The van der Waals surface area contributed by atoms with Gasteiger partial charge in [0.05, 0.1) is 0 Å². The molecule has 1 aliphatic heterocycles. The molecule has 0 radical (unpaired) electrons. The molecule has 5 nitrogen and oxygen atoms in total. The number of aromatic nitrogens is 1. The summed E-state index contributed by atoms with van der Waals surface area (Å²) in [4.78, 5) is 24.0. The molecule has 1 amide bonds. The molecule has 1 aromatic heterocycles. The third-order valence-electron chi connectivity index (χ3n) is 3.30. The predicted octanol–water partition coefficient (Wildman–Crippen LogP) is 1.37. The number of likely N-dealkylation sites (tertiary alicyclic amines) is 1. The Kier molecular flexibility index (Phi) is 3.17. The molecule has 0 saturated carbocycles. The van der Waals surface area contributed by atoms with Gasteiger partial charge in [0, 0.05) is 32.3 Å². The summed E-state index contributed by atoms with van der Waals surface area (Å²) in [6, 6.07) is 3.55. The first-order chi connectivity index (χ1) is 8.09.